The molecular formula is C16H13Cl2OS. The zero-order valence-electron chi connectivity index (χ0n) is 10.7. The van der Waals surface area contributed by atoms with Gasteiger partial charge >= 0.3 is 0 Å². The van der Waals surface area contributed by atoms with Gasteiger partial charge in [0.25, 0.3) is 0 Å². The molecule has 2 aromatic carbocycles. The summed E-state index contributed by atoms with van der Waals surface area (Å²) < 4.78 is 11.9. The number of allylic oxidation sites excluding steroid dienone is 1. The van der Waals surface area contributed by atoms with Gasteiger partial charge in [-0.15, -0.1) is 0 Å². The van der Waals surface area contributed by atoms with E-state index in [4.69, 9.17) is 23.2 Å². The van der Waals surface area contributed by atoms with Crippen LogP contribution in [-0.4, -0.2) is 10.3 Å². The Morgan fingerprint density at radius 3 is 2.50 bits per heavy atom. The lowest BCUT2D eigenvalue weighted by Crippen LogP contribution is -2.04. The van der Waals surface area contributed by atoms with Crippen molar-refractivity contribution in [1.82, 2.24) is 0 Å². The van der Waals surface area contributed by atoms with Crippen molar-refractivity contribution in [2.45, 2.75) is 11.3 Å². The fraction of sp³-hybridized carbons (Fsp3) is 0.125. The molecule has 2 aromatic rings. The molecule has 0 aromatic heterocycles. The molecule has 0 saturated heterocycles. The Morgan fingerprint density at radius 2 is 1.80 bits per heavy atom. The summed E-state index contributed by atoms with van der Waals surface area (Å²) in [6.07, 6.45) is 5.64. The molecular weight excluding hydrogens is 311 g/mol. The van der Waals surface area contributed by atoms with Gasteiger partial charge in [-0.05, 0) is 47.4 Å². The summed E-state index contributed by atoms with van der Waals surface area (Å²) >= 11 is 10.8. The van der Waals surface area contributed by atoms with E-state index in [0.29, 0.717) is 22.2 Å². The van der Waals surface area contributed by atoms with Crippen LogP contribution in [0.2, 0.25) is 10.0 Å². The van der Waals surface area contributed by atoms with Gasteiger partial charge in [-0.1, -0.05) is 53.5 Å². The number of hydrogen-bond donors (Lipinski definition) is 0. The third-order valence-corrected chi connectivity index (χ3v) is 4.65. The van der Waals surface area contributed by atoms with Gasteiger partial charge in [0.1, 0.15) is 5.75 Å². The van der Waals surface area contributed by atoms with Crippen molar-refractivity contribution in [2.75, 3.05) is 5.75 Å². The third kappa shape index (κ3) is 4.57. The first-order valence-corrected chi connectivity index (χ1v) is 8.17. The van der Waals surface area contributed by atoms with Gasteiger partial charge in [-0.2, -0.15) is 0 Å². The Hall–Kier alpha value is -0.930. The Labute approximate surface area is 132 Å². The molecule has 2 rings (SSSR count). The Kier molecular flexibility index (Phi) is 5.99. The van der Waals surface area contributed by atoms with E-state index in [2.05, 4.69) is 6.08 Å². The van der Waals surface area contributed by atoms with Gasteiger partial charge in [-0.25, -0.2) is 0 Å². The lowest BCUT2D eigenvalue weighted by atomic mass is 10.1. The van der Waals surface area contributed by atoms with Crippen LogP contribution in [0.3, 0.4) is 0 Å². The van der Waals surface area contributed by atoms with E-state index >= 15 is 0 Å². The van der Waals surface area contributed by atoms with Crippen LogP contribution in [0.4, 0.5) is 0 Å². The van der Waals surface area contributed by atoms with Gasteiger partial charge in [0.2, 0.25) is 0 Å². The molecule has 0 heterocycles. The first kappa shape index (κ1) is 15.5. The lowest BCUT2D eigenvalue weighted by Gasteiger charge is -2.06. The van der Waals surface area contributed by atoms with Crippen LogP contribution in [-0.2, 0) is 17.6 Å². The highest BCUT2D eigenvalue weighted by Crippen LogP contribution is 2.22. The van der Waals surface area contributed by atoms with E-state index in [9.17, 15) is 4.55 Å². The second kappa shape index (κ2) is 7.75. The maximum Gasteiger partial charge on any atom is 0.153 e. The molecule has 0 saturated carbocycles. The molecule has 4 heteroatoms. The van der Waals surface area contributed by atoms with Gasteiger partial charge in [-0.3, -0.25) is 0 Å². The van der Waals surface area contributed by atoms with Gasteiger partial charge < -0.3 is 4.55 Å². The van der Waals surface area contributed by atoms with Crippen molar-refractivity contribution in [3.8, 4) is 0 Å². The first-order chi connectivity index (χ1) is 9.66. The number of benzene rings is 2. The Bertz CT molecular complexity index is 584. The van der Waals surface area contributed by atoms with Gasteiger partial charge in [0, 0.05) is 6.08 Å². The zero-order chi connectivity index (χ0) is 14.4. The first-order valence-electron chi connectivity index (χ1n) is 6.09. The van der Waals surface area contributed by atoms with Gasteiger partial charge in [0.05, 0.1) is 10.0 Å². The van der Waals surface area contributed by atoms with Crippen LogP contribution in [0.25, 0.3) is 0 Å². The van der Waals surface area contributed by atoms with Crippen LogP contribution in [0.5, 0.6) is 0 Å². The summed E-state index contributed by atoms with van der Waals surface area (Å²) in [5.41, 5.74) is 1.05. The predicted molar refractivity (Wildman–Crippen MR) is 85.7 cm³/mol. The van der Waals surface area contributed by atoms with E-state index in [0.717, 1.165) is 10.5 Å². The summed E-state index contributed by atoms with van der Waals surface area (Å²) in [5.74, 6) is 0.394. The largest absolute Gasteiger partial charge is 0.611 e. The molecule has 0 fully saturated rings. The van der Waals surface area contributed by atoms with E-state index in [1.807, 2.05) is 48.5 Å². The molecule has 0 aliphatic carbocycles. The molecule has 20 heavy (non-hydrogen) atoms. The van der Waals surface area contributed by atoms with E-state index in [-0.39, 0.29) is 0 Å². The average molecular weight is 324 g/mol. The maximum absolute atomic E-state index is 11.9. The quantitative estimate of drug-likeness (QED) is 0.731. The molecule has 0 aliphatic heterocycles. The number of hydrogen-bond acceptors (Lipinski definition) is 1. The highest BCUT2D eigenvalue weighted by Gasteiger charge is 2.06. The lowest BCUT2D eigenvalue weighted by molar-refractivity contribution is 0.597. The molecule has 1 atom stereocenters. The fourth-order valence-corrected chi connectivity index (χ4v) is 2.86. The van der Waals surface area contributed by atoms with Crippen LogP contribution in [0.15, 0.2) is 59.5 Å². The molecule has 1 nitrogen and oxygen atoms in total. The normalized spacial score (nSPS) is 12.8. The highest BCUT2D eigenvalue weighted by atomic mass is 35.5. The number of rotatable bonds is 5. The summed E-state index contributed by atoms with van der Waals surface area (Å²) in [6.45, 7) is 0. The van der Waals surface area contributed by atoms with Crippen molar-refractivity contribution in [2.24, 2.45) is 0 Å². The summed E-state index contributed by atoms with van der Waals surface area (Å²) in [5, 5.41) is 1.10. The predicted octanol–water partition coefficient (Wildman–Crippen LogP) is 4.70. The molecule has 1 radical (unpaired) electrons. The summed E-state index contributed by atoms with van der Waals surface area (Å²) in [4.78, 5) is 0.822. The van der Waals surface area contributed by atoms with Crippen LogP contribution in [0.1, 0.15) is 5.56 Å². The van der Waals surface area contributed by atoms with Crippen molar-refractivity contribution in [1.29, 1.82) is 0 Å². The molecule has 103 valence electrons. The molecule has 0 N–H and O–H groups in total. The zero-order valence-corrected chi connectivity index (χ0v) is 13.0. The second-order valence-corrected chi connectivity index (χ2v) is 6.43. The van der Waals surface area contributed by atoms with E-state index in [1.54, 1.807) is 6.07 Å². The minimum atomic E-state index is -1.04. The van der Waals surface area contributed by atoms with E-state index < -0.39 is 11.2 Å². The third-order valence-electron chi connectivity index (χ3n) is 2.69. The molecule has 0 amide bonds. The topological polar surface area (TPSA) is 23.1 Å². The van der Waals surface area contributed by atoms with Crippen LogP contribution >= 0.6 is 23.2 Å². The standard InChI is InChI=1S/C16H13Cl2OS/c17-15-10-9-13(12-16(15)18)6-4-5-11-20(19)14-7-2-1-3-8-14/h1-4,7-10,12H,6,11H2. The van der Waals surface area contributed by atoms with Gasteiger partial charge in [0.15, 0.2) is 4.90 Å². The fourth-order valence-electron chi connectivity index (χ4n) is 1.65. The smallest absolute Gasteiger partial charge is 0.153 e. The van der Waals surface area contributed by atoms with E-state index in [1.165, 1.54) is 0 Å². The monoisotopic (exact) mass is 323 g/mol. The highest BCUT2D eigenvalue weighted by molar-refractivity contribution is 7.91. The van der Waals surface area contributed by atoms with Crippen molar-refractivity contribution in [3.63, 3.8) is 0 Å². The minimum Gasteiger partial charge on any atom is -0.611 e. The molecule has 1 unspecified atom stereocenters. The molecule has 0 aliphatic rings. The number of halogens is 2. The van der Waals surface area contributed by atoms with Crippen molar-refractivity contribution >= 4 is 34.4 Å². The van der Waals surface area contributed by atoms with Crippen molar-refractivity contribution < 1.29 is 4.55 Å². The Balaban J connectivity index is 1.86. The SMILES string of the molecule is [O-][S+](C/[C]=C\Cc1ccc(Cl)c(Cl)c1)c1ccccc1. The average Bonchev–Trinajstić information content (AvgIpc) is 2.48. The summed E-state index contributed by atoms with van der Waals surface area (Å²) in [7, 11) is 0. The Morgan fingerprint density at radius 1 is 1.05 bits per heavy atom. The van der Waals surface area contributed by atoms with Crippen LogP contribution < -0.4 is 0 Å². The molecule has 0 bridgehead atoms. The van der Waals surface area contributed by atoms with Crippen molar-refractivity contribution in [3.05, 3.63) is 76.3 Å². The second-order valence-electron chi connectivity index (χ2n) is 4.16. The summed E-state index contributed by atoms with van der Waals surface area (Å²) in [6, 6.07) is 14.9. The minimum absolute atomic E-state index is 0.394. The molecule has 0 spiro atoms. The van der Waals surface area contributed by atoms with Crippen LogP contribution in [0, 0.1) is 6.08 Å². The maximum atomic E-state index is 11.9.